The number of rotatable bonds is 8. The molecule has 1 saturated carbocycles. The van der Waals surface area contributed by atoms with E-state index in [0.717, 1.165) is 47.3 Å². The molecule has 1 heterocycles. The van der Waals surface area contributed by atoms with Crippen molar-refractivity contribution in [3.8, 4) is 11.1 Å². The molecule has 4 rings (SSSR count). The predicted molar refractivity (Wildman–Crippen MR) is 137 cm³/mol. The van der Waals surface area contributed by atoms with Crippen molar-refractivity contribution >= 4 is 34.8 Å². The number of amides is 1. The maximum atomic E-state index is 13.1. The molecule has 0 saturated heterocycles. The lowest BCUT2D eigenvalue weighted by Gasteiger charge is -2.28. The van der Waals surface area contributed by atoms with Crippen LogP contribution >= 0.6 is 22.9 Å². The third kappa shape index (κ3) is 5.87. The zero-order chi connectivity index (χ0) is 24.1. The first-order valence-electron chi connectivity index (χ1n) is 11.6. The normalized spacial score (nSPS) is 18.9. The van der Waals surface area contributed by atoms with Crippen LogP contribution in [0.1, 0.15) is 52.5 Å². The van der Waals surface area contributed by atoms with Crippen LogP contribution in [0.15, 0.2) is 60.7 Å². The summed E-state index contributed by atoms with van der Waals surface area (Å²) in [5.74, 6) is -0.322. The van der Waals surface area contributed by atoms with Crippen LogP contribution in [0.25, 0.3) is 11.1 Å². The monoisotopic (exact) mass is 496 g/mol. The molecule has 1 fully saturated rings. The van der Waals surface area contributed by atoms with E-state index in [1.165, 1.54) is 11.3 Å². The van der Waals surface area contributed by atoms with E-state index in [2.05, 4.69) is 5.32 Å². The van der Waals surface area contributed by atoms with Gasteiger partial charge in [0.25, 0.3) is 0 Å². The number of hydrogen-bond donors (Lipinski definition) is 3. The van der Waals surface area contributed by atoms with Crippen molar-refractivity contribution in [2.45, 2.75) is 38.1 Å². The average Bonchev–Trinajstić information content (AvgIpc) is 3.24. The van der Waals surface area contributed by atoms with Gasteiger partial charge in [0.1, 0.15) is 4.34 Å². The maximum absolute atomic E-state index is 13.1. The van der Waals surface area contributed by atoms with Crippen molar-refractivity contribution in [1.29, 1.82) is 0 Å². The second-order valence-electron chi connectivity index (χ2n) is 8.92. The average molecular weight is 497 g/mol. The van der Waals surface area contributed by atoms with Gasteiger partial charge in [0, 0.05) is 22.8 Å². The van der Waals surface area contributed by atoms with Crippen molar-refractivity contribution in [3.05, 3.63) is 81.0 Å². The van der Waals surface area contributed by atoms with Crippen LogP contribution < -0.4 is 11.1 Å². The molecule has 3 aromatic rings. The second-order valence-corrected chi connectivity index (χ2v) is 10.7. The molecule has 34 heavy (non-hydrogen) atoms. The summed E-state index contributed by atoms with van der Waals surface area (Å²) in [5.41, 5.74) is 8.65. The SMILES string of the molecule is NCC1CCC(C(=O)NC(Cc2cc(-c3cccc(C(=O)O)c3)c(Cl)s2)c2ccccc2)CC1. The molecule has 5 nitrogen and oxygen atoms in total. The Morgan fingerprint density at radius 3 is 2.47 bits per heavy atom. The number of halogens is 1. The number of nitrogens with one attached hydrogen (secondary N) is 1. The zero-order valence-corrected chi connectivity index (χ0v) is 20.4. The lowest BCUT2D eigenvalue weighted by molar-refractivity contribution is -0.127. The molecule has 0 spiro atoms. The van der Waals surface area contributed by atoms with Gasteiger partial charge in [-0.05, 0) is 67.5 Å². The number of carboxylic acids is 1. The molecule has 7 heteroatoms. The molecule has 4 N–H and O–H groups in total. The number of aromatic carboxylic acids is 1. The fourth-order valence-electron chi connectivity index (χ4n) is 4.62. The number of carbonyl (C=O) groups excluding carboxylic acids is 1. The summed E-state index contributed by atoms with van der Waals surface area (Å²) in [4.78, 5) is 25.5. The summed E-state index contributed by atoms with van der Waals surface area (Å²) in [7, 11) is 0. The van der Waals surface area contributed by atoms with Crippen LogP contribution in [-0.2, 0) is 11.2 Å². The lowest BCUT2D eigenvalue weighted by Crippen LogP contribution is -2.37. The van der Waals surface area contributed by atoms with Crippen LogP contribution in [0.5, 0.6) is 0 Å². The van der Waals surface area contributed by atoms with Gasteiger partial charge in [-0.25, -0.2) is 4.79 Å². The van der Waals surface area contributed by atoms with Gasteiger partial charge in [-0.2, -0.15) is 0 Å². The van der Waals surface area contributed by atoms with Crippen LogP contribution in [0.3, 0.4) is 0 Å². The third-order valence-corrected chi connectivity index (χ3v) is 8.01. The molecular weight excluding hydrogens is 468 g/mol. The van der Waals surface area contributed by atoms with Gasteiger partial charge in [-0.15, -0.1) is 11.3 Å². The summed E-state index contributed by atoms with van der Waals surface area (Å²) in [6.45, 7) is 0.692. The highest BCUT2D eigenvalue weighted by molar-refractivity contribution is 7.16. The van der Waals surface area contributed by atoms with Gasteiger partial charge in [-0.3, -0.25) is 4.79 Å². The van der Waals surface area contributed by atoms with Crippen molar-refractivity contribution in [2.75, 3.05) is 6.54 Å². The number of benzene rings is 2. The zero-order valence-electron chi connectivity index (χ0n) is 18.9. The molecule has 1 aromatic heterocycles. The highest BCUT2D eigenvalue weighted by Gasteiger charge is 2.28. The Kier molecular flexibility index (Phi) is 8.03. The van der Waals surface area contributed by atoms with Crippen LogP contribution in [-0.4, -0.2) is 23.5 Å². The molecule has 1 aliphatic carbocycles. The highest BCUT2D eigenvalue weighted by atomic mass is 35.5. The lowest BCUT2D eigenvalue weighted by atomic mass is 9.81. The summed E-state index contributed by atoms with van der Waals surface area (Å²) in [5, 5.41) is 12.6. The molecule has 1 aliphatic rings. The van der Waals surface area contributed by atoms with Crippen molar-refractivity contribution in [2.24, 2.45) is 17.6 Å². The Morgan fingerprint density at radius 1 is 1.06 bits per heavy atom. The molecule has 1 amide bonds. The molecule has 1 unspecified atom stereocenters. The summed E-state index contributed by atoms with van der Waals surface area (Å²) in [6.07, 6.45) is 4.37. The second kappa shape index (κ2) is 11.2. The van der Waals surface area contributed by atoms with Gasteiger partial charge in [0.05, 0.1) is 11.6 Å². The fraction of sp³-hybridized carbons (Fsp3) is 0.333. The Morgan fingerprint density at radius 2 is 1.79 bits per heavy atom. The highest BCUT2D eigenvalue weighted by Crippen LogP contribution is 2.38. The van der Waals surface area contributed by atoms with E-state index in [1.54, 1.807) is 18.2 Å². The number of carboxylic acid groups (broad SMARTS) is 1. The topological polar surface area (TPSA) is 92.4 Å². The molecule has 0 bridgehead atoms. The Balaban J connectivity index is 1.53. The van der Waals surface area contributed by atoms with E-state index in [0.29, 0.717) is 23.2 Å². The number of nitrogens with two attached hydrogens (primary N) is 1. The van der Waals surface area contributed by atoms with E-state index in [4.69, 9.17) is 17.3 Å². The largest absolute Gasteiger partial charge is 0.478 e. The Labute approximate surface area is 209 Å². The predicted octanol–water partition coefficient (Wildman–Crippen LogP) is 5.93. The maximum Gasteiger partial charge on any atom is 0.335 e. The van der Waals surface area contributed by atoms with Crippen molar-refractivity contribution in [1.82, 2.24) is 5.32 Å². The molecular formula is C27H29ClN2O3S. The van der Waals surface area contributed by atoms with Gasteiger partial charge < -0.3 is 16.2 Å². The van der Waals surface area contributed by atoms with Crippen LogP contribution in [0.4, 0.5) is 0 Å². The molecule has 0 aliphatic heterocycles. The number of thiophene rings is 1. The van der Waals surface area contributed by atoms with Gasteiger partial charge >= 0.3 is 5.97 Å². The van der Waals surface area contributed by atoms with E-state index in [-0.39, 0.29) is 23.4 Å². The van der Waals surface area contributed by atoms with Crippen LogP contribution in [0, 0.1) is 11.8 Å². The van der Waals surface area contributed by atoms with Crippen molar-refractivity contribution in [3.63, 3.8) is 0 Å². The first-order valence-corrected chi connectivity index (χ1v) is 12.8. The Hall–Kier alpha value is -2.67. The summed E-state index contributed by atoms with van der Waals surface area (Å²) in [6, 6.07) is 18.6. The minimum atomic E-state index is -0.972. The van der Waals surface area contributed by atoms with Gasteiger partial charge in [0.2, 0.25) is 5.91 Å². The molecule has 1 atom stereocenters. The number of hydrogen-bond acceptors (Lipinski definition) is 4. The fourth-order valence-corrected chi connectivity index (χ4v) is 6.03. The quantitative estimate of drug-likeness (QED) is 0.360. The molecule has 178 valence electrons. The van der Waals surface area contributed by atoms with E-state index in [1.807, 2.05) is 42.5 Å². The van der Waals surface area contributed by atoms with Gasteiger partial charge in [0.15, 0.2) is 0 Å². The summed E-state index contributed by atoms with van der Waals surface area (Å²) < 4.78 is 0.607. The van der Waals surface area contributed by atoms with Gasteiger partial charge in [-0.1, -0.05) is 54.1 Å². The molecule has 2 aromatic carbocycles. The third-order valence-electron chi connectivity index (χ3n) is 6.63. The standard InChI is InChI=1S/C27H29ClN2O3S/c28-25-23(20-7-4-8-21(13-20)27(32)33)14-22(34-25)15-24(18-5-2-1-3-6-18)30-26(31)19-11-9-17(16-29)10-12-19/h1-8,13-14,17,19,24H,9-12,15-16,29H2,(H,30,31)(H,32,33). The number of carbonyl (C=O) groups is 2. The van der Waals surface area contributed by atoms with E-state index < -0.39 is 5.97 Å². The first-order chi connectivity index (χ1) is 16.4. The smallest absolute Gasteiger partial charge is 0.335 e. The summed E-state index contributed by atoms with van der Waals surface area (Å²) >= 11 is 8.03. The van der Waals surface area contributed by atoms with E-state index in [9.17, 15) is 14.7 Å². The minimum Gasteiger partial charge on any atom is -0.478 e. The Bertz CT molecular complexity index is 1140. The minimum absolute atomic E-state index is 0.0234. The van der Waals surface area contributed by atoms with Crippen LogP contribution in [0.2, 0.25) is 4.34 Å². The van der Waals surface area contributed by atoms with E-state index >= 15 is 0 Å². The first kappa shape index (κ1) is 24.5. The van der Waals surface area contributed by atoms with Crippen molar-refractivity contribution < 1.29 is 14.7 Å². The molecule has 0 radical (unpaired) electrons.